The van der Waals surface area contributed by atoms with Gasteiger partial charge < -0.3 is 11.1 Å². The fraction of sp³-hybridized carbons (Fsp3) is 0.188. The van der Waals surface area contributed by atoms with Gasteiger partial charge in [0.15, 0.2) is 0 Å². The first-order valence-corrected chi connectivity index (χ1v) is 6.37. The van der Waals surface area contributed by atoms with Gasteiger partial charge in [-0.25, -0.2) is 0 Å². The van der Waals surface area contributed by atoms with Crippen LogP contribution in [0.3, 0.4) is 0 Å². The van der Waals surface area contributed by atoms with Crippen molar-refractivity contribution in [2.45, 2.75) is 20.3 Å². The van der Waals surface area contributed by atoms with Crippen molar-refractivity contribution >= 4 is 17.3 Å². The number of benzene rings is 2. The predicted octanol–water partition coefficient (Wildman–Crippen LogP) is 3.39. The van der Waals surface area contributed by atoms with Crippen LogP contribution in [0, 0.1) is 6.92 Å². The zero-order valence-corrected chi connectivity index (χ0v) is 11.2. The maximum atomic E-state index is 12.3. The molecule has 0 atom stereocenters. The number of carbonyl (C=O) groups is 1. The van der Waals surface area contributed by atoms with Gasteiger partial charge in [0.1, 0.15) is 0 Å². The Morgan fingerprint density at radius 2 is 1.89 bits per heavy atom. The lowest BCUT2D eigenvalue weighted by Gasteiger charge is -2.11. The molecule has 0 saturated heterocycles. The van der Waals surface area contributed by atoms with Crippen LogP contribution in [0.15, 0.2) is 42.5 Å². The van der Waals surface area contributed by atoms with E-state index in [1.54, 1.807) is 6.07 Å². The van der Waals surface area contributed by atoms with Crippen molar-refractivity contribution in [1.29, 1.82) is 0 Å². The number of carbonyl (C=O) groups excluding carboxylic acids is 1. The number of rotatable bonds is 3. The van der Waals surface area contributed by atoms with Crippen molar-refractivity contribution in [1.82, 2.24) is 0 Å². The Bertz CT molecular complexity index is 605. The first-order chi connectivity index (χ1) is 9.13. The summed E-state index contributed by atoms with van der Waals surface area (Å²) in [6, 6.07) is 13.3. The summed E-state index contributed by atoms with van der Waals surface area (Å²) in [5.41, 5.74) is 9.87. The van der Waals surface area contributed by atoms with Crippen LogP contribution in [-0.2, 0) is 6.42 Å². The van der Waals surface area contributed by atoms with Crippen LogP contribution in [0.25, 0.3) is 0 Å². The standard InChI is InChI=1S/C16H18N2O/c1-3-12-8-4-5-10-14(12)18-16(19)13-9-6-7-11(2)15(13)17/h4-10H,3,17H2,1-2H3,(H,18,19). The van der Waals surface area contributed by atoms with Crippen molar-refractivity contribution in [3.8, 4) is 0 Å². The maximum absolute atomic E-state index is 12.3. The van der Waals surface area contributed by atoms with Crippen LogP contribution in [0.1, 0.15) is 28.4 Å². The van der Waals surface area contributed by atoms with Crippen LogP contribution < -0.4 is 11.1 Å². The van der Waals surface area contributed by atoms with E-state index in [-0.39, 0.29) is 5.91 Å². The van der Waals surface area contributed by atoms with Crippen molar-refractivity contribution in [3.05, 3.63) is 59.2 Å². The number of nitrogens with two attached hydrogens (primary N) is 1. The lowest BCUT2D eigenvalue weighted by molar-refractivity contribution is 0.102. The molecule has 2 aromatic rings. The van der Waals surface area contributed by atoms with Crippen LogP contribution in [-0.4, -0.2) is 5.91 Å². The molecule has 0 aliphatic carbocycles. The van der Waals surface area contributed by atoms with Gasteiger partial charge in [0.05, 0.1) is 5.56 Å². The zero-order chi connectivity index (χ0) is 13.8. The molecular formula is C16H18N2O. The second-order valence-electron chi connectivity index (χ2n) is 4.50. The number of nitrogen functional groups attached to an aromatic ring is 1. The molecule has 0 aliphatic heterocycles. The molecule has 3 N–H and O–H groups in total. The van der Waals surface area contributed by atoms with E-state index in [1.807, 2.05) is 43.3 Å². The van der Waals surface area contributed by atoms with Crippen LogP contribution in [0.5, 0.6) is 0 Å². The Balaban J connectivity index is 2.28. The number of anilines is 2. The molecule has 0 spiro atoms. The van der Waals surface area contributed by atoms with E-state index in [2.05, 4.69) is 12.2 Å². The highest BCUT2D eigenvalue weighted by atomic mass is 16.1. The summed E-state index contributed by atoms with van der Waals surface area (Å²) in [7, 11) is 0. The first kappa shape index (κ1) is 13.1. The van der Waals surface area contributed by atoms with E-state index in [1.165, 1.54) is 0 Å². The molecule has 98 valence electrons. The Hall–Kier alpha value is -2.29. The van der Waals surface area contributed by atoms with E-state index in [0.717, 1.165) is 23.2 Å². The molecule has 0 unspecified atom stereocenters. The first-order valence-electron chi connectivity index (χ1n) is 6.37. The van der Waals surface area contributed by atoms with Gasteiger partial charge in [-0.1, -0.05) is 37.3 Å². The average Bonchev–Trinajstić information content (AvgIpc) is 2.42. The number of amides is 1. The number of aryl methyl sites for hydroxylation is 2. The third-order valence-electron chi connectivity index (χ3n) is 3.22. The second-order valence-corrected chi connectivity index (χ2v) is 4.50. The van der Waals surface area contributed by atoms with Gasteiger partial charge in [0, 0.05) is 11.4 Å². The van der Waals surface area contributed by atoms with Crippen LogP contribution >= 0.6 is 0 Å². The second kappa shape index (κ2) is 5.57. The Kier molecular flexibility index (Phi) is 3.85. The summed E-state index contributed by atoms with van der Waals surface area (Å²) >= 11 is 0. The predicted molar refractivity (Wildman–Crippen MR) is 79.4 cm³/mol. The largest absolute Gasteiger partial charge is 0.398 e. The minimum atomic E-state index is -0.165. The van der Waals surface area contributed by atoms with Crippen molar-refractivity contribution in [3.63, 3.8) is 0 Å². The highest BCUT2D eigenvalue weighted by molar-refractivity contribution is 6.08. The Morgan fingerprint density at radius 3 is 2.63 bits per heavy atom. The molecule has 0 aliphatic rings. The normalized spacial score (nSPS) is 10.2. The topological polar surface area (TPSA) is 55.1 Å². The molecule has 0 bridgehead atoms. The fourth-order valence-corrected chi connectivity index (χ4v) is 2.02. The Labute approximate surface area is 113 Å². The summed E-state index contributed by atoms with van der Waals surface area (Å²) < 4.78 is 0. The quantitative estimate of drug-likeness (QED) is 0.825. The van der Waals surface area contributed by atoms with E-state index >= 15 is 0 Å². The van der Waals surface area contributed by atoms with Gasteiger partial charge in [0.2, 0.25) is 0 Å². The zero-order valence-electron chi connectivity index (χ0n) is 11.2. The molecule has 0 aromatic heterocycles. The SMILES string of the molecule is CCc1ccccc1NC(=O)c1cccc(C)c1N. The molecule has 0 radical (unpaired) electrons. The monoisotopic (exact) mass is 254 g/mol. The summed E-state index contributed by atoms with van der Waals surface area (Å²) in [4.78, 5) is 12.3. The molecule has 0 fully saturated rings. The summed E-state index contributed by atoms with van der Waals surface area (Å²) in [6.45, 7) is 3.96. The molecule has 3 nitrogen and oxygen atoms in total. The summed E-state index contributed by atoms with van der Waals surface area (Å²) in [5.74, 6) is -0.165. The third kappa shape index (κ3) is 2.76. The average molecular weight is 254 g/mol. The molecular weight excluding hydrogens is 236 g/mol. The molecule has 2 rings (SSSR count). The molecule has 1 amide bonds. The molecule has 0 saturated carbocycles. The van der Waals surface area contributed by atoms with Crippen LogP contribution in [0.2, 0.25) is 0 Å². The highest BCUT2D eigenvalue weighted by Gasteiger charge is 2.12. The van der Waals surface area contributed by atoms with E-state index in [0.29, 0.717) is 11.3 Å². The number of nitrogens with one attached hydrogen (secondary N) is 1. The van der Waals surface area contributed by atoms with Gasteiger partial charge in [-0.3, -0.25) is 4.79 Å². The Morgan fingerprint density at radius 1 is 1.16 bits per heavy atom. The van der Waals surface area contributed by atoms with E-state index in [9.17, 15) is 4.79 Å². The molecule has 3 heteroatoms. The van der Waals surface area contributed by atoms with E-state index < -0.39 is 0 Å². The number of para-hydroxylation sites is 2. The summed E-state index contributed by atoms with van der Waals surface area (Å²) in [5, 5.41) is 2.93. The number of hydrogen-bond acceptors (Lipinski definition) is 2. The summed E-state index contributed by atoms with van der Waals surface area (Å²) in [6.07, 6.45) is 0.875. The van der Waals surface area contributed by atoms with E-state index in [4.69, 9.17) is 5.73 Å². The van der Waals surface area contributed by atoms with Gasteiger partial charge in [-0.05, 0) is 36.6 Å². The van der Waals surface area contributed by atoms with Gasteiger partial charge in [-0.2, -0.15) is 0 Å². The minimum Gasteiger partial charge on any atom is -0.398 e. The van der Waals surface area contributed by atoms with Crippen molar-refractivity contribution in [2.24, 2.45) is 0 Å². The fourth-order valence-electron chi connectivity index (χ4n) is 2.02. The van der Waals surface area contributed by atoms with Crippen molar-refractivity contribution in [2.75, 3.05) is 11.1 Å². The number of hydrogen-bond donors (Lipinski definition) is 2. The lowest BCUT2D eigenvalue weighted by Crippen LogP contribution is -2.15. The molecule has 2 aromatic carbocycles. The van der Waals surface area contributed by atoms with Crippen molar-refractivity contribution < 1.29 is 4.79 Å². The molecule has 19 heavy (non-hydrogen) atoms. The van der Waals surface area contributed by atoms with Gasteiger partial charge >= 0.3 is 0 Å². The highest BCUT2D eigenvalue weighted by Crippen LogP contribution is 2.20. The smallest absolute Gasteiger partial charge is 0.257 e. The van der Waals surface area contributed by atoms with Gasteiger partial charge in [0.25, 0.3) is 5.91 Å². The maximum Gasteiger partial charge on any atom is 0.257 e. The van der Waals surface area contributed by atoms with Gasteiger partial charge in [-0.15, -0.1) is 0 Å². The third-order valence-corrected chi connectivity index (χ3v) is 3.22. The van der Waals surface area contributed by atoms with Crippen LogP contribution in [0.4, 0.5) is 11.4 Å². The minimum absolute atomic E-state index is 0.165. The lowest BCUT2D eigenvalue weighted by atomic mass is 10.1. The molecule has 0 heterocycles.